The maximum absolute atomic E-state index is 13.3. The van der Waals surface area contributed by atoms with E-state index in [0.717, 1.165) is 22.0 Å². The normalized spacial score (nSPS) is 14.0. The number of hydrogen-bond acceptors (Lipinski definition) is 5. The van der Waals surface area contributed by atoms with Gasteiger partial charge in [-0.25, -0.2) is 4.79 Å². The second kappa shape index (κ2) is 10.7. The summed E-state index contributed by atoms with van der Waals surface area (Å²) < 4.78 is 0. The third kappa shape index (κ3) is 6.06. The Balaban J connectivity index is 2.09. The smallest absolute Gasteiger partial charge is 0.326 e. The molecule has 7 heteroatoms. The highest BCUT2D eigenvalue weighted by Crippen LogP contribution is 2.33. The largest absolute Gasteiger partial charge is 0.480 e. The third-order valence-electron chi connectivity index (χ3n) is 5.47. The number of carbonyl (C=O) groups excluding carboxylic acids is 1. The van der Waals surface area contributed by atoms with Gasteiger partial charge in [-0.3, -0.25) is 4.79 Å². The predicted molar refractivity (Wildman–Crippen MR) is 138 cm³/mol. The lowest BCUT2D eigenvalue weighted by Crippen LogP contribution is -2.41. The molecule has 174 valence electrons. The van der Waals surface area contributed by atoms with Gasteiger partial charge in [-0.2, -0.15) is 12.6 Å². The number of rotatable bonds is 9. The minimum Gasteiger partial charge on any atom is -0.480 e. The Bertz CT molecular complexity index is 1140. The molecular weight excluding hydrogens is 434 g/mol. The summed E-state index contributed by atoms with van der Waals surface area (Å²) in [6.45, 7) is 5.71. The molecule has 0 fully saturated rings. The van der Waals surface area contributed by atoms with Crippen molar-refractivity contribution >= 4 is 41.0 Å². The van der Waals surface area contributed by atoms with Gasteiger partial charge >= 0.3 is 5.97 Å². The van der Waals surface area contributed by atoms with Gasteiger partial charge in [0.15, 0.2) is 0 Å². The van der Waals surface area contributed by atoms with Crippen LogP contribution in [0.5, 0.6) is 0 Å². The summed E-state index contributed by atoms with van der Waals surface area (Å²) in [5.74, 6) is -1.34. The summed E-state index contributed by atoms with van der Waals surface area (Å²) in [6, 6.07) is 18.1. The number of anilines is 1. The zero-order chi connectivity index (χ0) is 24.1. The second-order valence-corrected chi connectivity index (χ2v) is 9.29. The molecule has 0 aliphatic carbocycles. The molecule has 0 heterocycles. The van der Waals surface area contributed by atoms with Crippen molar-refractivity contribution in [3.05, 3.63) is 66.2 Å². The molecule has 0 radical (unpaired) electrons. The van der Waals surface area contributed by atoms with Crippen molar-refractivity contribution < 1.29 is 14.7 Å². The molecule has 3 rings (SSSR count). The lowest BCUT2D eigenvalue weighted by molar-refractivity contribution is -0.139. The number of carboxylic acid groups (broad SMARTS) is 1. The van der Waals surface area contributed by atoms with Crippen LogP contribution in [-0.2, 0) is 4.79 Å². The van der Waals surface area contributed by atoms with E-state index in [1.54, 1.807) is 12.1 Å². The van der Waals surface area contributed by atoms with Gasteiger partial charge < -0.3 is 21.5 Å². The van der Waals surface area contributed by atoms with Gasteiger partial charge in [0.2, 0.25) is 0 Å². The molecule has 0 spiro atoms. The first-order valence-electron chi connectivity index (χ1n) is 11.0. The van der Waals surface area contributed by atoms with Gasteiger partial charge in [0.1, 0.15) is 6.04 Å². The van der Waals surface area contributed by atoms with Gasteiger partial charge in [0.25, 0.3) is 5.91 Å². The van der Waals surface area contributed by atoms with E-state index in [9.17, 15) is 14.7 Å². The van der Waals surface area contributed by atoms with Crippen molar-refractivity contribution in [1.82, 2.24) is 5.32 Å². The van der Waals surface area contributed by atoms with Crippen molar-refractivity contribution in [1.29, 1.82) is 0 Å². The summed E-state index contributed by atoms with van der Waals surface area (Å²) in [5.41, 5.74) is 8.71. The maximum Gasteiger partial charge on any atom is 0.326 e. The number of benzene rings is 3. The molecule has 0 aliphatic rings. The van der Waals surface area contributed by atoms with E-state index in [-0.39, 0.29) is 17.3 Å². The van der Waals surface area contributed by atoms with E-state index in [0.29, 0.717) is 17.5 Å². The Labute approximate surface area is 200 Å². The predicted octanol–water partition coefficient (Wildman–Crippen LogP) is 4.75. The average Bonchev–Trinajstić information content (AvgIpc) is 2.77. The molecule has 3 aromatic carbocycles. The highest BCUT2D eigenvalue weighted by Gasteiger charge is 2.24. The molecule has 1 amide bonds. The summed E-state index contributed by atoms with van der Waals surface area (Å²) >= 11 is 4.50. The quantitative estimate of drug-likeness (QED) is 0.232. The molecule has 5 N–H and O–H groups in total. The second-order valence-electron chi connectivity index (χ2n) is 8.73. The number of hydrogen-bond donors (Lipinski definition) is 5. The van der Waals surface area contributed by atoms with Crippen molar-refractivity contribution in [3.8, 4) is 11.1 Å². The van der Waals surface area contributed by atoms with Crippen LogP contribution in [0.1, 0.15) is 37.6 Å². The first-order valence-corrected chi connectivity index (χ1v) is 11.5. The fourth-order valence-corrected chi connectivity index (χ4v) is 3.90. The van der Waals surface area contributed by atoms with Gasteiger partial charge in [-0.05, 0) is 59.4 Å². The number of thiol groups is 1. The Morgan fingerprint density at radius 1 is 1.00 bits per heavy atom. The third-order valence-corrected chi connectivity index (χ3v) is 6.07. The van der Waals surface area contributed by atoms with Crippen LogP contribution in [0, 0.1) is 5.92 Å². The minimum absolute atomic E-state index is 0.126. The Kier molecular flexibility index (Phi) is 8.00. The lowest BCUT2D eigenvalue weighted by Gasteiger charge is -2.21. The van der Waals surface area contributed by atoms with Crippen molar-refractivity contribution in [2.24, 2.45) is 11.7 Å². The van der Waals surface area contributed by atoms with Crippen LogP contribution in [0.4, 0.5) is 5.69 Å². The number of carbonyl (C=O) groups is 2. The zero-order valence-electron chi connectivity index (χ0n) is 19.1. The van der Waals surface area contributed by atoms with Crippen LogP contribution in [0.2, 0.25) is 0 Å². The van der Waals surface area contributed by atoms with Crippen molar-refractivity contribution in [3.63, 3.8) is 0 Å². The summed E-state index contributed by atoms with van der Waals surface area (Å²) in [7, 11) is 0. The molecular formula is C26H31N3O3S. The van der Waals surface area contributed by atoms with Gasteiger partial charge in [-0.15, -0.1) is 0 Å². The molecule has 3 atom stereocenters. The lowest BCUT2D eigenvalue weighted by atomic mass is 9.93. The average molecular weight is 466 g/mol. The molecule has 1 unspecified atom stereocenters. The van der Waals surface area contributed by atoms with Gasteiger partial charge in [-0.1, -0.05) is 56.3 Å². The first-order chi connectivity index (χ1) is 15.7. The molecule has 33 heavy (non-hydrogen) atoms. The van der Waals surface area contributed by atoms with E-state index in [1.165, 1.54) is 0 Å². The zero-order valence-corrected chi connectivity index (χ0v) is 20.0. The van der Waals surface area contributed by atoms with Crippen molar-refractivity contribution in [2.45, 2.75) is 44.6 Å². The topological polar surface area (TPSA) is 104 Å². The molecule has 0 saturated carbocycles. The summed E-state index contributed by atoms with van der Waals surface area (Å²) in [5, 5.41) is 17.3. The number of nitrogens with two attached hydrogens (primary N) is 1. The van der Waals surface area contributed by atoms with Crippen LogP contribution >= 0.6 is 12.6 Å². The van der Waals surface area contributed by atoms with E-state index >= 15 is 0 Å². The standard InChI is InChI=1S/C26H31N3O3S/c1-15(2)13-23(26(31)32)29-24(30)21-12-11-18(28-25(33)16(3)27)14-22(21)20-10-6-8-17-7-4-5-9-19(17)20/h4-12,14-16,23,25,28,33H,13,27H2,1-3H3,(H,29,30)(H,31,32)/t16-,23+,25?/m1/s1. The van der Waals surface area contributed by atoms with Crippen LogP contribution < -0.4 is 16.4 Å². The Morgan fingerprint density at radius 3 is 2.36 bits per heavy atom. The Hall–Kier alpha value is -3.03. The number of nitrogens with one attached hydrogen (secondary N) is 2. The van der Waals surface area contributed by atoms with E-state index in [4.69, 9.17) is 5.73 Å². The fourth-order valence-electron chi connectivity index (χ4n) is 3.75. The van der Waals surface area contributed by atoms with Gasteiger partial charge in [0.05, 0.1) is 5.37 Å². The molecule has 0 bridgehead atoms. The van der Waals surface area contributed by atoms with Crippen molar-refractivity contribution in [2.75, 3.05) is 5.32 Å². The highest BCUT2D eigenvalue weighted by molar-refractivity contribution is 7.81. The van der Waals surface area contributed by atoms with Crippen LogP contribution in [0.25, 0.3) is 21.9 Å². The summed E-state index contributed by atoms with van der Waals surface area (Å²) in [4.78, 5) is 25.0. The maximum atomic E-state index is 13.3. The molecule has 0 saturated heterocycles. The minimum atomic E-state index is -1.04. The molecule has 0 aliphatic heterocycles. The van der Waals surface area contributed by atoms with E-state index in [1.807, 2.05) is 69.3 Å². The number of amides is 1. The fraction of sp³-hybridized carbons (Fsp3) is 0.308. The Morgan fingerprint density at radius 2 is 1.70 bits per heavy atom. The summed E-state index contributed by atoms with van der Waals surface area (Å²) in [6.07, 6.45) is 0.347. The van der Waals surface area contributed by atoms with E-state index < -0.39 is 17.9 Å². The SMILES string of the molecule is CC(C)C[C@H](NC(=O)c1ccc(NC(S)[C@@H](C)N)cc1-c1cccc2ccccc12)C(=O)O. The molecule has 6 nitrogen and oxygen atoms in total. The number of carboxylic acids is 1. The monoisotopic (exact) mass is 465 g/mol. The molecule has 3 aromatic rings. The van der Waals surface area contributed by atoms with Crippen LogP contribution in [-0.4, -0.2) is 34.4 Å². The van der Waals surface area contributed by atoms with Gasteiger partial charge in [0, 0.05) is 17.3 Å². The number of aliphatic carboxylic acids is 1. The highest BCUT2D eigenvalue weighted by atomic mass is 32.1. The van der Waals surface area contributed by atoms with E-state index in [2.05, 4.69) is 23.3 Å². The molecule has 0 aromatic heterocycles. The number of fused-ring (bicyclic) bond motifs is 1. The van der Waals surface area contributed by atoms with Crippen LogP contribution in [0.3, 0.4) is 0 Å². The van der Waals surface area contributed by atoms with Crippen LogP contribution in [0.15, 0.2) is 60.7 Å². The first kappa shape index (κ1) is 24.6.